The van der Waals surface area contributed by atoms with Crippen molar-refractivity contribution in [3.63, 3.8) is 0 Å². The summed E-state index contributed by atoms with van der Waals surface area (Å²) >= 11 is 0. The molecule has 1 aliphatic heterocycles. The second-order valence-corrected chi connectivity index (χ2v) is 12.2. The Kier molecular flexibility index (Phi) is 6.62. The highest BCUT2D eigenvalue weighted by molar-refractivity contribution is 6.04. The average Bonchev–Trinajstić information content (AvgIpc) is 3.51. The third-order valence-electron chi connectivity index (χ3n) is 7.58. The van der Waals surface area contributed by atoms with Crippen LogP contribution in [0.25, 0.3) is 11.2 Å². The van der Waals surface area contributed by atoms with Crippen molar-refractivity contribution < 1.29 is 18.7 Å². The number of aryl methyl sites for hydroxylation is 2. The van der Waals surface area contributed by atoms with Crippen molar-refractivity contribution in [3.8, 4) is 0 Å². The van der Waals surface area contributed by atoms with Gasteiger partial charge in [0, 0.05) is 43.6 Å². The van der Waals surface area contributed by atoms with E-state index in [1.165, 1.54) is 6.07 Å². The molecule has 1 saturated heterocycles. The highest BCUT2D eigenvalue weighted by atomic mass is 19.1. The molecule has 0 atom stereocenters. The van der Waals surface area contributed by atoms with Crippen LogP contribution in [-0.4, -0.2) is 66.7 Å². The zero-order chi connectivity index (χ0) is 29.1. The molecule has 5 heterocycles. The van der Waals surface area contributed by atoms with Gasteiger partial charge in [-0.2, -0.15) is 5.10 Å². The molecule has 11 heteroatoms. The SMILES string of the molecule is Cc1cn2cc(NC(=O)c3ccc(N4CCC(N(C(=O)OC(C)(C)C)C5CC5)CC4)c4cc(C)nn34)cc(F)c2n1. The van der Waals surface area contributed by atoms with Gasteiger partial charge < -0.3 is 24.3 Å². The van der Waals surface area contributed by atoms with Gasteiger partial charge >= 0.3 is 6.09 Å². The summed E-state index contributed by atoms with van der Waals surface area (Å²) in [5, 5.41) is 7.42. The number of hydrogen-bond acceptors (Lipinski definition) is 6. The minimum Gasteiger partial charge on any atom is -0.444 e. The summed E-state index contributed by atoms with van der Waals surface area (Å²) in [6, 6.07) is 7.35. The lowest BCUT2D eigenvalue weighted by molar-refractivity contribution is 0.0114. The maximum atomic E-state index is 14.6. The van der Waals surface area contributed by atoms with E-state index in [2.05, 4.69) is 20.3 Å². The van der Waals surface area contributed by atoms with Crippen LogP contribution in [0, 0.1) is 19.7 Å². The van der Waals surface area contributed by atoms with E-state index in [0.29, 0.717) is 17.1 Å². The Labute approximate surface area is 238 Å². The minimum absolute atomic E-state index is 0.137. The number of halogens is 1. The van der Waals surface area contributed by atoms with Crippen molar-refractivity contribution in [2.45, 2.75) is 78.0 Å². The number of piperidine rings is 1. The number of amides is 2. The number of aromatic nitrogens is 4. The molecule has 2 fully saturated rings. The predicted octanol–water partition coefficient (Wildman–Crippen LogP) is 5.36. The molecule has 216 valence electrons. The lowest BCUT2D eigenvalue weighted by Gasteiger charge is -2.40. The van der Waals surface area contributed by atoms with E-state index < -0.39 is 17.3 Å². The molecule has 2 aliphatic rings. The standard InChI is InChI=1S/C30H36FN7O3/c1-18-14-26-24(35-12-10-22(11-13-35)37(21-6-7-21)29(40)41-30(3,4)5)8-9-25(38(26)34-18)28(39)33-20-15-23(31)27-32-19(2)16-36(27)17-20/h8-9,14-17,21-22H,6-7,10-13H2,1-5H3,(H,33,39). The second-order valence-electron chi connectivity index (χ2n) is 12.2. The summed E-state index contributed by atoms with van der Waals surface area (Å²) in [5.74, 6) is -0.905. The molecule has 6 rings (SSSR count). The lowest BCUT2D eigenvalue weighted by atomic mass is 10.0. The van der Waals surface area contributed by atoms with E-state index in [-0.39, 0.29) is 23.8 Å². The van der Waals surface area contributed by atoms with E-state index in [0.717, 1.165) is 55.7 Å². The van der Waals surface area contributed by atoms with Crippen LogP contribution < -0.4 is 10.2 Å². The number of nitrogens with one attached hydrogen (secondary N) is 1. The summed E-state index contributed by atoms with van der Waals surface area (Å²) in [7, 11) is 0. The number of rotatable bonds is 5. The van der Waals surface area contributed by atoms with Crippen molar-refractivity contribution in [2.24, 2.45) is 0 Å². The van der Waals surface area contributed by atoms with Crippen LogP contribution in [0.3, 0.4) is 0 Å². The topological polar surface area (TPSA) is 96.5 Å². The van der Waals surface area contributed by atoms with Gasteiger partial charge in [-0.1, -0.05) is 0 Å². The van der Waals surface area contributed by atoms with E-state index >= 15 is 0 Å². The van der Waals surface area contributed by atoms with Crippen molar-refractivity contribution >= 4 is 34.5 Å². The molecular formula is C30H36FN7O3. The number of fused-ring (bicyclic) bond motifs is 2. The lowest BCUT2D eigenvalue weighted by Crippen LogP contribution is -2.50. The molecule has 10 nitrogen and oxygen atoms in total. The number of anilines is 2. The van der Waals surface area contributed by atoms with Crippen LogP contribution >= 0.6 is 0 Å². The molecule has 4 aromatic heterocycles. The molecule has 0 unspecified atom stereocenters. The highest BCUT2D eigenvalue weighted by Gasteiger charge is 2.41. The van der Waals surface area contributed by atoms with Crippen LogP contribution in [0.5, 0.6) is 0 Å². The first-order valence-corrected chi connectivity index (χ1v) is 14.2. The van der Waals surface area contributed by atoms with Gasteiger partial charge in [0.2, 0.25) is 0 Å². The van der Waals surface area contributed by atoms with Crippen molar-refractivity contribution in [2.75, 3.05) is 23.3 Å². The van der Waals surface area contributed by atoms with Crippen LogP contribution in [0.4, 0.5) is 20.6 Å². The fourth-order valence-corrected chi connectivity index (χ4v) is 5.71. The fraction of sp³-hybridized carbons (Fsp3) is 0.467. The maximum absolute atomic E-state index is 14.6. The summed E-state index contributed by atoms with van der Waals surface area (Å²) < 4.78 is 23.5. The molecule has 41 heavy (non-hydrogen) atoms. The van der Waals surface area contributed by atoms with E-state index in [1.54, 1.807) is 34.3 Å². The van der Waals surface area contributed by atoms with Gasteiger partial charge in [-0.25, -0.2) is 18.7 Å². The number of imidazole rings is 1. The molecule has 0 aromatic carbocycles. The minimum atomic E-state index is -0.524. The third-order valence-corrected chi connectivity index (χ3v) is 7.58. The quantitative estimate of drug-likeness (QED) is 0.353. The first kappa shape index (κ1) is 27.0. The molecule has 1 aliphatic carbocycles. The van der Waals surface area contributed by atoms with Crippen LogP contribution in [0.2, 0.25) is 0 Å². The van der Waals surface area contributed by atoms with Gasteiger partial charge in [0.15, 0.2) is 11.5 Å². The first-order chi connectivity index (χ1) is 19.5. The van der Waals surface area contributed by atoms with Crippen molar-refractivity contribution in [1.82, 2.24) is 23.9 Å². The zero-order valence-corrected chi connectivity index (χ0v) is 24.1. The van der Waals surface area contributed by atoms with E-state index in [9.17, 15) is 14.0 Å². The number of nitrogens with zero attached hydrogens (tertiary/aromatic N) is 6. The third kappa shape index (κ3) is 5.45. The Morgan fingerprint density at radius 2 is 1.73 bits per heavy atom. The number of ether oxygens (including phenoxy) is 1. The zero-order valence-electron chi connectivity index (χ0n) is 24.1. The van der Waals surface area contributed by atoms with E-state index in [4.69, 9.17) is 4.74 Å². The molecule has 2 amide bonds. The average molecular weight is 562 g/mol. The van der Waals surface area contributed by atoms with Gasteiger partial charge in [-0.3, -0.25) is 4.79 Å². The van der Waals surface area contributed by atoms with Gasteiger partial charge in [-0.05, 0) is 78.5 Å². The second kappa shape index (κ2) is 10.0. The largest absolute Gasteiger partial charge is 0.444 e. The molecule has 1 N–H and O–H groups in total. The van der Waals surface area contributed by atoms with Gasteiger partial charge in [-0.15, -0.1) is 0 Å². The Hall–Kier alpha value is -4.15. The van der Waals surface area contributed by atoms with E-state index in [1.807, 2.05) is 44.7 Å². The molecule has 0 bridgehead atoms. The van der Waals surface area contributed by atoms with Gasteiger partial charge in [0.25, 0.3) is 5.91 Å². The Morgan fingerprint density at radius 3 is 2.41 bits per heavy atom. The molecule has 0 spiro atoms. The van der Waals surface area contributed by atoms with Gasteiger partial charge in [0.1, 0.15) is 11.3 Å². The van der Waals surface area contributed by atoms with Crippen molar-refractivity contribution in [1.29, 1.82) is 0 Å². The van der Waals surface area contributed by atoms with Crippen LogP contribution in [0.1, 0.15) is 68.3 Å². The predicted molar refractivity (Wildman–Crippen MR) is 154 cm³/mol. The van der Waals surface area contributed by atoms with Gasteiger partial charge in [0.05, 0.1) is 28.3 Å². The number of carbonyl (C=O) groups is 2. The number of hydrogen-bond donors (Lipinski definition) is 1. The van der Waals surface area contributed by atoms with Crippen LogP contribution in [0.15, 0.2) is 36.7 Å². The Morgan fingerprint density at radius 1 is 1.02 bits per heavy atom. The molecule has 4 aromatic rings. The van der Waals surface area contributed by atoms with Crippen LogP contribution in [-0.2, 0) is 4.74 Å². The molecule has 0 radical (unpaired) electrons. The number of pyridine rings is 2. The number of carbonyl (C=O) groups excluding carboxylic acids is 2. The molecular weight excluding hydrogens is 525 g/mol. The Bertz CT molecular complexity index is 1640. The fourth-order valence-electron chi connectivity index (χ4n) is 5.71. The summed E-state index contributed by atoms with van der Waals surface area (Å²) in [6.07, 6.45) is 6.85. The summed E-state index contributed by atoms with van der Waals surface area (Å²) in [5.41, 5.74) is 3.64. The highest BCUT2D eigenvalue weighted by Crippen LogP contribution is 2.35. The maximum Gasteiger partial charge on any atom is 0.410 e. The summed E-state index contributed by atoms with van der Waals surface area (Å²) in [6.45, 7) is 10.9. The van der Waals surface area contributed by atoms with Crippen molar-refractivity contribution in [3.05, 3.63) is 59.6 Å². The summed E-state index contributed by atoms with van der Waals surface area (Å²) in [4.78, 5) is 34.8. The first-order valence-electron chi connectivity index (χ1n) is 14.2. The Balaban J connectivity index is 1.20. The monoisotopic (exact) mass is 561 g/mol. The molecule has 1 saturated carbocycles. The smallest absolute Gasteiger partial charge is 0.410 e. The normalized spacial score (nSPS) is 16.4.